The van der Waals surface area contributed by atoms with E-state index < -0.39 is 0 Å². The minimum Gasteiger partial charge on any atom is -0.330 e. The summed E-state index contributed by atoms with van der Waals surface area (Å²) >= 11 is 5.62. The Morgan fingerprint density at radius 2 is 2.25 bits per heavy atom. The van der Waals surface area contributed by atoms with Crippen molar-refractivity contribution in [2.75, 3.05) is 6.54 Å². The third-order valence-electron chi connectivity index (χ3n) is 1.66. The van der Waals surface area contributed by atoms with Crippen LogP contribution in [0.3, 0.4) is 0 Å². The summed E-state index contributed by atoms with van der Waals surface area (Å²) in [4.78, 5) is 3.93. The zero-order valence-corrected chi connectivity index (χ0v) is 7.46. The molecule has 0 aliphatic rings. The van der Waals surface area contributed by atoms with Crippen molar-refractivity contribution in [3.63, 3.8) is 0 Å². The molecule has 66 valence electrons. The Labute approximate surface area is 76.7 Å². The van der Waals surface area contributed by atoms with Crippen LogP contribution in [0.15, 0.2) is 18.3 Å². The molecule has 0 radical (unpaired) electrons. The first-order chi connectivity index (χ1) is 5.74. The van der Waals surface area contributed by atoms with Gasteiger partial charge in [0.15, 0.2) is 0 Å². The second-order valence-electron chi connectivity index (χ2n) is 2.60. The summed E-state index contributed by atoms with van der Waals surface area (Å²) in [7, 11) is 0. The van der Waals surface area contributed by atoms with Crippen LogP contribution >= 0.6 is 11.6 Å². The van der Waals surface area contributed by atoms with Crippen molar-refractivity contribution >= 4 is 11.6 Å². The van der Waals surface area contributed by atoms with Crippen LogP contribution in [0.25, 0.3) is 0 Å². The molecule has 0 aromatic carbocycles. The largest absolute Gasteiger partial charge is 0.330 e. The Hall–Kier alpha value is -0.640. The molecule has 1 rings (SSSR count). The summed E-state index contributed by atoms with van der Waals surface area (Å²) in [6.07, 6.45) is 2.45. The Bertz CT molecular complexity index is 235. The van der Waals surface area contributed by atoms with Gasteiger partial charge in [0, 0.05) is 12.2 Å². The molecular weight excluding hydrogens is 174 g/mol. The molecule has 0 spiro atoms. The van der Waals surface area contributed by atoms with Gasteiger partial charge in [-0.1, -0.05) is 17.7 Å². The van der Waals surface area contributed by atoms with E-state index in [9.17, 15) is 0 Å². The molecule has 12 heavy (non-hydrogen) atoms. The van der Waals surface area contributed by atoms with E-state index in [1.54, 1.807) is 12.3 Å². The lowest BCUT2D eigenvalue weighted by Gasteiger charge is -2.09. The second-order valence-corrected chi connectivity index (χ2v) is 2.99. The van der Waals surface area contributed by atoms with E-state index in [0.29, 0.717) is 11.7 Å². The lowest BCUT2D eigenvalue weighted by atomic mass is 10.1. The van der Waals surface area contributed by atoms with Gasteiger partial charge in [0.1, 0.15) is 5.15 Å². The smallest absolute Gasteiger partial charge is 0.129 e. The Kier molecular flexibility index (Phi) is 3.47. The first kappa shape index (κ1) is 9.45. The zero-order valence-electron chi connectivity index (χ0n) is 6.70. The highest BCUT2D eigenvalue weighted by molar-refractivity contribution is 6.29. The van der Waals surface area contributed by atoms with Crippen molar-refractivity contribution in [2.45, 2.75) is 12.5 Å². The minimum absolute atomic E-state index is 0.0280. The standard InChI is InChI=1S/C8H12ClN3/c9-8-2-1-6(5-12-8)7(11)3-4-10/h1-2,5,7H,3-4,10-11H2/t7-/m0/s1. The summed E-state index contributed by atoms with van der Waals surface area (Å²) < 4.78 is 0. The molecule has 0 amide bonds. The van der Waals surface area contributed by atoms with Crippen molar-refractivity contribution in [2.24, 2.45) is 11.5 Å². The first-order valence-electron chi connectivity index (χ1n) is 3.81. The average Bonchev–Trinajstić information content (AvgIpc) is 2.06. The van der Waals surface area contributed by atoms with Gasteiger partial charge in [-0.25, -0.2) is 4.98 Å². The van der Waals surface area contributed by atoms with E-state index in [2.05, 4.69) is 4.98 Å². The minimum atomic E-state index is -0.0280. The van der Waals surface area contributed by atoms with Gasteiger partial charge in [0.05, 0.1) is 0 Å². The van der Waals surface area contributed by atoms with Gasteiger partial charge in [-0.2, -0.15) is 0 Å². The molecule has 0 fully saturated rings. The third kappa shape index (κ3) is 2.44. The zero-order chi connectivity index (χ0) is 8.97. The van der Waals surface area contributed by atoms with E-state index in [4.69, 9.17) is 23.1 Å². The van der Waals surface area contributed by atoms with Crippen molar-refractivity contribution in [1.82, 2.24) is 4.98 Å². The van der Waals surface area contributed by atoms with Gasteiger partial charge >= 0.3 is 0 Å². The second kappa shape index (κ2) is 4.40. The third-order valence-corrected chi connectivity index (χ3v) is 1.88. The fourth-order valence-corrected chi connectivity index (χ4v) is 1.06. The Balaban J connectivity index is 2.68. The number of pyridine rings is 1. The molecule has 1 atom stereocenters. The molecule has 1 aromatic heterocycles. The molecule has 0 unspecified atom stereocenters. The fourth-order valence-electron chi connectivity index (χ4n) is 0.953. The number of nitrogens with two attached hydrogens (primary N) is 2. The van der Waals surface area contributed by atoms with E-state index in [1.807, 2.05) is 6.07 Å². The van der Waals surface area contributed by atoms with Crippen LogP contribution < -0.4 is 11.5 Å². The molecule has 0 aliphatic heterocycles. The van der Waals surface area contributed by atoms with Crippen LogP contribution in [0.5, 0.6) is 0 Å². The van der Waals surface area contributed by atoms with Gasteiger partial charge in [-0.3, -0.25) is 0 Å². The maximum Gasteiger partial charge on any atom is 0.129 e. The summed E-state index contributed by atoms with van der Waals surface area (Å²) in [6.45, 7) is 0.587. The van der Waals surface area contributed by atoms with Crippen LogP contribution in [0.2, 0.25) is 5.15 Å². The van der Waals surface area contributed by atoms with E-state index in [1.165, 1.54) is 0 Å². The van der Waals surface area contributed by atoms with Crippen LogP contribution in [0.1, 0.15) is 18.0 Å². The van der Waals surface area contributed by atoms with E-state index in [-0.39, 0.29) is 6.04 Å². The van der Waals surface area contributed by atoms with Gasteiger partial charge in [0.25, 0.3) is 0 Å². The molecule has 1 heterocycles. The number of rotatable bonds is 3. The number of nitrogens with zero attached hydrogens (tertiary/aromatic N) is 1. The van der Waals surface area contributed by atoms with Crippen LogP contribution in [0, 0.1) is 0 Å². The maximum absolute atomic E-state index is 5.79. The first-order valence-corrected chi connectivity index (χ1v) is 4.19. The molecule has 3 nitrogen and oxygen atoms in total. The highest BCUT2D eigenvalue weighted by Crippen LogP contribution is 2.13. The van der Waals surface area contributed by atoms with Gasteiger partial charge in [0.2, 0.25) is 0 Å². The number of hydrogen-bond donors (Lipinski definition) is 2. The SMILES string of the molecule is NCC[C@H](N)c1ccc(Cl)nc1. The molecule has 4 N–H and O–H groups in total. The average molecular weight is 186 g/mol. The molecule has 0 saturated heterocycles. The predicted molar refractivity (Wildman–Crippen MR) is 49.8 cm³/mol. The summed E-state index contributed by atoms with van der Waals surface area (Å²) in [5.41, 5.74) is 12.1. The van der Waals surface area contributed by atoms with Crippen LogP contribution in [0.4, 0.5) is 0 Å². The quantitative estimate of drug-likeness (QED) is 0.693. The van der Waals surface area contributed by atoms with E-state index in [0.717, 1.165) is 12.0 Å². The van der Waals surface area contributed by atoms with Crippen molar-refractivity contribution in [3.05, 3.63) is 29.0 Å². The normalized spacial score (nSPS) is 12.9. The van der Waals surface area contributed by atoms with Crippen molar-refractivity contribution in [1.29, 1.82) is 0 Å². The summed E-state index contributed by atoms with van der Waals surface area (Å²) in [6, 6.07) is 3.57. The van der Waals surface area contributed by atoms with Gasteiger partial charge < -0.3 is 11.5 Å². The topological polar surface area (TPSA) is 64.9 Å². The number of hydrogen-bond acceptors (Lipinski definition) is 3. The predicted octanol–water partition coefficient (Wildman–Crippen LogP) is 1.08. The lowest BCUT2D eigenvalue weighted by molar-refractivity contribution is 0.659. The fraction of sp³-hybridized carbons (Fsp3) is 0.375. The molecular formula is C8H12ClN3. The molecule has 4 heteroatoms. The Morgan fingerprint density at radius 1 is 1.50 bits per heavy atom. The van der Waals surface area contributed by atoms with E-state index >= 15 is 0 Å². The maximum atomic E-state index is 5.79. The monoisotopic (exact) mass is 185 g/mol. The molecule has 0 saturated carbocycles. The molecule has 0 bridgehead atoms. The summed E-state index contributed by atoms with van der Waals surface area (Å²) in [5, 5.41) is 0.485. The highest BCUT2D eigenvalue weighted by Gasteiger charge is 2.03. The van der Waals surface area contributed by atoms with Gasteiger partial charge in [-0.15, -0.1) is 0 Å². The number of aromatic nitrogens is 1. The lowest BCUT2D eigenvalue weighted by Crippen LogP contribution is -2.15. The highest BCUT2D eigenvalue weighted by atomic mass is 35.5. The van der Waals surface area contributed by atoms with Gasteiger partial charge in [-0.05, 0) is 24.6 Å². The summed E-state index contributed by atoms with van der Waals surface area (Å²) in [5.74, 6) is 0. The van der Waals surface area contributed by atoms with Crippen molar-refractivity contribution in [3.8, 4) is 0 Å². The van der Waals surface area contributed by atoms with Crippen LogP contribution in [-0.2, 0) is 0 Å². The van der Waals surface area contributed by atoms with Crippen molar-refractivity contribution < 1.29 is 0 Å². The Morgan fingerprint density at radius 3 is 2.75 bits per heavy atom. The molecule has 0 aliphatic carbocycles. The number of halogens is 1. The van der Waals surface area contributed by atoms with Crippen LogP contribution in [-0.4, -0.2) is 11.5 Å². The molecule has 1 aromatic rings.